The van der Waals surface area contributed by atoms with E-state index in [1.165, 1.54) is 11.3 Å². The van der Waals surface area contributed by atoms with E-state index in [0.29, 0.717) is 12.4 Å². The summed E-state index contributed by atoms with van der Waals surface area (Å²) < 4.78 is 5.90. The van der Waals surface area contributed by atoms with Gasteiger partial charge in [0.15, 0.2) is 11.5 Å². The average molecular weight is 484 g/mol. The van der Waals surface area contributed by atoms with Crippen molar-refractivity contribution in [2.24, 2.45) is 0 Å². The predicted octanol–water partition coefficient (Wildman–Crippen LogP) is 7.18. The van der Waals surface area contributed by atoms with Crippen LogP contribution in [0.3, 0.4) is 0 Å². The number of benzene rings is 3. The molecule has 2 N–H and O–H groups in total. The summed E-state index contributed by atoms with van der Waals surface area (Å²) in [6.07, 6.45) is 3.76. The summed E-state index contributed by atoms with van der Waals surface area (Å²) in [4.78, 5) is 10.9. The quantitative estimate of drug-likeness (QED) is 0.222. The first-order chi connectivity index (χ1) is 17.5. The number of aromatic amines is 1. The number of unbranched alkanes of at least 4 members (excludes halogenated alkanes) is 1. The topological polar surface area (TPSA) is 61.4 Å². The standard InChI is InChI=1S/C31H37N3O2/c1-5-7-19-36-28-21-25(20-22(3)30(28)35)31-32-27(18-13-23-11-9-8-10-12-23)29(33-31)24-14-16-26(17-15-24)34(4)6-2/h8-12,14-17,20-21,35H,5-7,13,18-19H2,1-4H3,(H,32,33). The van der Waals surface area contributed by atoms with Gasteiger partial charge >= 0.3 is 0 Å². The van der Waals surface area contributed by atoms with E-state index in [-0.39, 0.29) is 5.75 Å². The number of imidazole rings is 1. The molecule has 4 rings (SSSR count). The average Bonchev–Trinajstić information content (AvgIpc) is 3.34. The molecular weight excluding hydrogens is 446 g/mol. The molecule has 0 saturated heterocycles. The molecule has 5 nitrogen and oxygen atoms in total. The van der Waals surface area contributed by atoms with E-state index in [2.05, 4.69) is 79.3 Å². The second-order valence-electron chi connectivity index (χ2n) is 9.30. The third-order valence-corrected chi connectivity index (χ3v) is 6.64. The lowest BCUT2D eigenvalue weighted by Gasteiger charge is -2.16. The Hall–Kier alpha value is -3.73. The Balaban J connectivity index is 1.70. The predicted molar refractivity (Wildman–Crippen MR) is 149 cm³/mol. The Bertz CT molecular complexity index is 1260. The Labute approximate surface area is 214 Å². The third-order valence-electron chi connectivity index (χ3n) is 6.64. The monoisotopic (exact) mass is 483 g/mol. The number of phenolic OH excluding ortho intramolecular Hbond substituents is 1. The Kier molecular flexibility index (Phi) is 8.32. The summed E-state index contributed by atoms with van der Waals surface area (Å²) in [6.45, 7) is 7.71. The number of H-pyrrole nitrogens is 1. The molecule has 1 heterocycles. The van der Waals surface area contributed by atoms with E-state index < -0.39 is 0 Å². The largest absolute Gasteiger partial charge is 0.504 e. The molecule has 36 heavy (non-hydrogen) atoms. The lowest BCUT2D eigenvalue weighted by Crippen LogP contribution is -2.15. The van der Waals surface area contributed by atoms with Crippen molar-refractivity contribution in [2.45, 2.75) is 46.5 Å². The maximum absolute atomic E-state index is 10.5. The molecule has 0 aliphatic heterocycles. The number of aromatic hydroxyl groups is 1. The fourth-order valence-corrected chi connectivity index (χ4v) is 4.26. The van der Waals surface area contributed by atoms with Gasteiger partial charge in [0.1, 0.15) is 5.82 Å². The van der Waals surface area contributed by atoms with Gasteiger partial charge < -0.3 is 19.7 Å². The van der Waals surface area contributed by atoms with E-state index in [1.54, 1.807) is 0 Å². The molecule has 0 amide bonds. The first-order valence-electron chi connectivity index (χ1n) is 12.9. The summed E-state index contributed by atoms with van der Waals surface area (Å²) in [5.41, 5.74) is 7.32. The van der Waals surface area contributed by atoms with Crippen molar-refractivity contribution < 1.29 is 9.84 Å². The van der Waals surface area contributed by atoms with Crippen LogP contribution in [0.2, 0.25) is 0 Å². The number of hydrogen-bond donors (Lipinski definition) is 2. The minimum absolute atomic E-state index is 0.196. The van der Waals surface area contributed by atoms with Gasteiger partial charge in [-0.1, -0.05) is 55.8 Å². The fraction of sp³-hybridized carbons (Fsp3) is 0.323. The van der Waals surface area contributed by atoms with Crippen molar-refractivity contribution in [3.8, 4) is 34.1 Å². The van der Waals surface area contributed by atoms with Crippen molar-refractivity contribution in [1.82, 2.24) is 9.97 Å². The molecule has 0 fully saturated rings. The van der Waals surface area contributed by atoms with Gasteiger partial charge in [-0.3, -0.25) is 0 Å². The molecule has 0 aliphatic rings. The maximum Gasteiger partial charge on any atom is 0.161 e. The fourth-order valence-electron chi connectivity index (χ4n) is 4.26. The Morgan fingerprint density at radius 3 is 2.39 bits per heavy atom. The first kappa shape index (κ1) is 25.4. The smallest absolute Gasteiger partial charge is 0.161 e. The van der Waals surface area contributed by atoms with Gasteiger partial charge in [-0.2, -0.15) is 0 Å². The molecule has 0 spiro atoms. The van der Waals surface area contributed by atoms with E-state index in [1.807, 2.05) is 25.1 Å². The SMILES string of the molecule is CCCCOc1cc(-c2nc(-c3ccc(N(C)CC)cc3)c(CCc3ccccc3)[nH]2)cc(C)c1O. The number of phenols is 1. The Morgan fingerprint density at radius 2 is 1.69 bits per heavy atom. The maximum atomic E-state index is 10.5. The molecular formula is C31H37N3O2. The van der Waals surface area contributed by atoms with E-state index >= 15 is 0 Å². The summed E-state index contributed by atoms with van der Waals surface area (Å²) in [7, 11) is 2.10. The van der Waals surface area contributed by atoms with Crippen molar-refractivity contribution in [3.63, 3.8) is 0 Å². The molecule has 0 atom stereocenters. The van der Waals surface area contributed by atoms with Crippen LogP contribution in [0.4, 0.5) is 5.69 Å². The second-order valence-corrected chi connectivity index (χ2v) is 9.30. The zero-order chi connectivity index (χ0) is 25.5. The zero-order valence-electron chi connectivity index (χ0n) is 21.8. The third kappa shape index (κ3) is 5.91. The van der Waals surface area contributed by atoms with E-state index in [0.717, 1.165) is 66.1 Å². The lowest BCUT2D eigenvalue weighted by molar-refractivity contribution is 0.292. The van der Waals surface area contributed by atoms with Crippen molar-refractivity contribution in [3.05, 3.63) is 83.6 Å². The summed E-state index contributed by atoms with van der Waals surface area (Å²) in [5.74, 6) is 1.49. The molecule has 1 aromatic heterocycles. The Morgan fingerprint density at radius 1 is 0.944 bits per heavy atom. The molecule has 0 saturated carbocycles. The zero-order valence-corrected chi connectivity index (χ0v) is 21.8. The number of anilines is 1. The summed E-state index contributed by atoms with van der Waals surface area (Å²) in [6, 6.07) is 23.0. The number of rotatable bonds is 11. The summed E-state index contributed by atoms with van der Waals surface area (Å²) >= 11 is 0. The van der Waals surface area contributed by atoms with Gasteiger partial charge in [0, 0.05) is 36.1 Å². The van der Waals surface area contributed by atoms with Crippen LogP contribution in [0, 0.1) is 6.92 Å². The molecule has 188 valence electrons. The highest BCUT2D eigenvalue weighted by molar-refractivity contribution is 5.71. The molecule has 0 radical (unpaired) electrons. The van der Waals surface area contributed by atoms with E-state index in [9.17, 15) is 5.11 Å². The number of aryl methyl sites for hydroxylation is 3. The minimum Gasteiger partial charge on any atom is -0.504 e. The van der Waals surface area contributed by atoms with Gasteiger partial charge in [-0.05, 0) is 68.5 Å². The van der Waals surface area contributed by atoms with Crippen LogP contribution in [0.25, 0.3) is 22.6 Å². The van der Waals surface area contributed by atoms with Gasteiger partial charge in [0.05, 0.1) is 12.3 Å². The highest BCUT2D eigenvalue weighted by Gasteiger charge is 2.17. The molecule has 3 aromatic carbocycles. The number of nitrogens with one attached hydrogen (secondary N) is 1. The second kappa shape index (κ2) is 11.8. The molecule has 4 aromatic rings. The minimum atomic E-state index is 0.196. The van der Waals surface area contributed by atoms with Gasteiger partial charge in [0.2, 0.25) is 0 Å². The van der Waals surface area contributed by atoms with Crippen LogP contribution in [-0.4, -0.2) is 35.3 Å². The first-order valence-corrected chi connectivity index (χ1v) is 12.9. The van der Waals surface area contributed by atoms with Gasteiger partial charge in [-0.15, -0.1) is 0 Å². The number of hydrogen-bond acceptors (Lipinski definition) is 4. The number of aromatic nitrogens is 2. The highest BCUT2D eigenvalue weighted by Crippen LogP contribution is 2.36. The van der Waals surface area contributed by atoms with Crippen molar-refractivity contribution in [2.75, 3.05) is 25.1 Å². The van der Waals surface area contributed by atoms with Gasteiger partial charge in [-0.25, -0.2) is 4.98 Å². The molecule has 0 unspecified atom stereocenters. The van der Waals surface area contributed by atoms with Crippen LogP contribution >= 0.6 is 0 Å². The van der Waals surface area contributed by atoms with Crippen molar-refractivity contribution >= 4 is 5.69 Å². The number of nitrogens with zero attached hydrogens (tertiary/aromatic N) is 2. The summed E-state index contributed by atoms with van der Waals surface area (Å²) in [5, 5.41) is 10.5. The normalized spacial score (nSPS) is 11.0. The van der Waals surface area contributed by atoms with E-state index in [4.69, 9.17) is 9.72 Å². The molecule has 0 bridgehead atoms. The number of ether oxygens (including phenoxy) is 1. The van der Waals surface area contributed by atoms with Crippen molar-refractivity contribution in [1.29, 1.82) is 0 Å². The van der Waals surface area contributed by atoms with Gasteiger partial charge in [0.25, 0.3) is 0 Å². The van der Waals surface area contributed by atoms with Crippen LogP contribution in [0.5, 0.6) is 11.5 Å². The van der Waals surface area contributed by atoms with Crippen LogP contribution in [0.15, 0.2) is 66.7 Å². The highest BCUT2D eigenvalue weighted by atomic mass is 16.5. The molecule has 5 heteroatoms. The van der Waals surface area contributed by atoms with Crippen LogP contribution in [0.1, 0.15) is 43.5 Å². The van der Waals surface area contributed by atoms with Crippen LogP contribution < -0.4 is 9.64 Å². The lowest BCUT2D eigenvalue weighted by atomic mass is 10.0. The van der Waals surface area contributed by atoms with Crippen LogP contribution in [-0.2, 0) is 12.8 Å². The molecule has 0 aliphatic carbocycles.